The number of benzene rings is 3. The summed E-state index contributed by atoms with van der Waals surface area (Å²) in [5.41, 5.74) is 7.00. The Kier molecular flexibility index (Phi) is 6.52. The molecule has 0 N–H and O–H groups in total. The van der Waals surface area contributed by atoms with E-state index in [1.807, 2.05) is 45.9 Å². The summed E-state index contributed by atoms with van der Waals surface area (Å²) >= 11 is 0. The fourth-order valence-electron chi connectivity index (χ4n) is 5.67. The van der Waals surface area contributed by atoms with Crippen LogP contribution in [0, 0.1) is 33.5 Å². The molecular weight excluding hydrogens is 471 g/mol. The Balaban J connectivity index is 1.41. The lowest BCUT2D eigenvalue weighted by Crippen LogP contribution is -2.38. The summed E-state index contributed by atoms with van der Waals surface area (Å²) in [7, 11) is -3.56. The first-order valence-corrected chi connectivity index (χ1v) is 14.0. The van der Waals surface area contributed by atoms with Gasteiger partial charge in [-0.15, -0.1) is 0 Å². The van der Waals surface area contributed by atoms with Crippen molar-refractivity contribution in [1.82, 2.24) is 8.87 Å². The van der Waals surface area contributed by atoms with E-state index in [0.29, 0.717) is 24.5 Å². The molecule has 0 aliphatic carbocycles. The molecule has 4 nitrogen and oxygen atoms in total. The fourth-order valence-corrected chi connectivity index (χ4v) is 7.71. The number of halogens is 1. The number of hydrogen-bond acceptors (Lipinski definition) is 2. The highest BCUT2D eigenvalue weighted by molar-refractivity contribution is 7.89. The van der Waals surface area contributed by atoms with E-state index in [4.69, 9.17) is 0 Å². The number of nitrogens with zero attached hydrogens (tertiary/aromatic N) is 2. The minimum absolute atomic E-state index is 0.230. The van der Waals surface area contributed by atoms with Gasteiger partial charge >= 0.3 is 0 Å². The van der Waals surface area contributed by atoms with Gasteiger partial charge in [-0.05, 0) is 98.0 Å². The van der Waals surface area contributed by atoms with Crippen LogP contribution >= 0.6 is 0 Å². The predicted octanol–water partition coefficient (Wildman–Crippen LogP) is 6.63. The summed E-state index contributed by atoms with van der Waals surface area (Å²) in [6.45, 7) is 9.38. The molecule has 1 aliphatic heterocycles. The quantitative estimate of drug-likeness (QED) is 0.306. The second-order valence-corrected chi connectivity index (χ2v) is 12.0. The number of aromatic nitrogens is 1. The first-order valence-electron chi connectivity index (χ1n) is 12.6. The lowest BCUT2D eigenvalue weighted by atomic mass is 9.90. The molecule has 0 amide bonds. The number of piperidine rings is 1. The predicted molar refractivity (Wildman–Crippen MR) is 144 cm³/mol. The second kappa shape index (κ2) is 9.49. The van der Waals surface area contributed by atoms with Crippen LogP contribution in [0.15, 0.2) is 65.7 Å². The molecule has 4 aromatic rings. The molecule has 5 rings (SSSR count). The first kappa shape index (κ1) is 24.7. The summed E-state index contributed by atoms with van der Waals surface area (Å²) in [5.74, 6) is 0.0450. The maximum absolute atomic E-state index is 13.8. The van der Waals surface area contributed by atoms with Crippen molar-refractivity contribution < 1.29 is 12.8 Å². The van der Waals surface area contributed by atoms with Crippen LogP contribution in [0.2, 0.25) is 0 Å². The molecular formula is C30H33FN2O2S. The average molecular weight is 505 g/mol. The minimum Gasteiger partial charge on any atom is -0.343 e. The Morgan fingerprint density at radius 1 is 0.889 bits per heavy atom. The molecule has 0 radical (unpaired) electrons. The minimum atomic E-state index is -3.56. The maximum atomic E-state index is 13.8. The van der Waals surface area contributed by atoms with E-state index in [-0.39, 0.29) is 11.7 Å². The van der Waals surface area contributed by atoms with Crippen molar-refractivity contribution >= 4 is 20.9 Å². The average Bonchev–Trinajstić information content (AvgIpc) is 3.21. The second-order valence-electron chi connectivity index (χ2n) is 10.1. The van der Waals surface area contributed by atoms with Crippen molar-refractivity contribution in [3.8, 4) is 0 Å². The molecule has 0 unspecified atom stereocenters. The molecule has 36 heavy (non-hydrogen) atoms. The van der Waals surface area contributed by atoms with Crippen molar-refractivity contribution in [2.75, 3.05) is 13.1 Å². The van der Waals surface area contributed by atoms with Gasteiger partial charge in [-0.1, -0.05) is 36.4 Å². The maximum Gasteiger partial charge on any atom is 0.243 e. The van der Waals surface area contributed by atoms with E-state index in [9.17, 15) is 12.8 Å². The van der Waals surface area contributed by atoms with Gasteiger partial charge < -0.3 is 4.57 Å². The van der Waals surface area contributed by atoms with E-state index in [1.165, 1.54) is 17.0 Å². The Hall–Kier alpha value is -2.96. The molecule has 1 saturated heterocycles. The Morgan fingerprint density at radius 2 is 1.56 bits per heavy atom. The third-order valence-corrected chi connectivity index (χ3v) is 10.0. The summed E-state index contributed by atoms with van der Waals surface area (Å²) in [6, 6.07) is 17.1. The van der Waals surface area contributed by atoms with Gasteiger partial charge in [-0.3, -0.25) is 0 Å². The molecule has 2 heterocycles. The molecule has 0 atom stereocenters. The van der Waals surface area contributed by atoms with Gasteiger partial charge in [0.05, 0.1) is 4.90 Å². The standard InChI is InChI=1S/C30H33FN2O2S/c1-20-16-21(2)23(4)30(22(20)3)36(34,35)33-14-12-25(13-15-33)28-19-32(29-11-6-5-10-27(28)29)18-24-8-7-9-26(31)17-24/h5-11,16-17,19,25H,12-15,18H2,1-4H3. The van der Waals surface area contributed by atoms with Crippen molar-refractivity contribution in [1.29, 1.82) is 0 Å². The number of fused-ring (bicyclic) bond motifs is 1. The largest absolute Gasteiger partial charge is 0.343 e. The highest BCUT2D eigenvalue weighted by Crippen LogP contribution is 2.37. The third-order valence-electron chi connectivity index (χ3n) is 7.85. The van der Waals surface area contributed by atoms with Crippen LogP contribution in [0.3, 0.4) is 0 Å². The number of sulfonamides is 1. The molecule has 3 aromatic carbocycles. The SMILES string of the molecule is Cc1cc(C)c(C)c(S(=O)(=O)N2CCC(c3cn(Cc4cccc(F)c4)c4ccccc34)CC2)c1C. The van der Waals surface area contributed by atoms with Crippen LogP contribution in [0.5, 0.6) is 0 Å². The van der Waals surface area contributed by atoms with Gasteiger partial charge in [-0.25, -0.2) is 12.8 Å². The van der Waals surface area contributed by atoms with Gasteiger partial charge in [0.2, 0.25) is 10.0 Å². The van der Waals surface area contributed by atoms with Crippen LogP contribution in [0.1, 0.15) is 52.1 Å². The molecule has 6 heteroatoms. The van der Waals surface area contributed by atoms with Gasteiger partial charge in [0.1, 0.15) is 5.82 Å². The van der Waals surface area contributed by atoms with Gasteiger partial charge in [0, 0.05) is 36.7 Å². The van der Waals surface area contributed by atoms with Crippen LogP contribution < -0.4 is 0 Å². The summed E-state index contributed by atoms with van der Waals surface area (Å²) in [6.07, 6.45) is 3.73. The zero-order valence-electron chi connectivity index (χ0n) is 21.4. The number of rotatable bonds is 5. The lowest BCUT2D eigenvalue weighted by molar-refractivity contribution is 0.320. The first-order chi connectivity index (χ1) is 17.2. The monoisotopic (exact) mass is 504 g/mol. The lowest BCUT2D eigenvalue weighted by Gasteiger charge is -2.32. The van der Waals surface area contributed by atoms with Crippen LogP contribution in [0.4, 0.5) is 4.39 Å². The van der Waals surface area contributed by atoms with Crippen LogP contribution in [-0.2, 0) is 16.6 Å². The van der Waals surface area contributed by atoms with Gasteiger partial charge in [0.25, 0.3) is 0 Å². The van der Waals surface area contributed by atoms with Crippen molar-refractivity contribution in [3.05, 3.63) is 100.0 Å². The van der Waals surface area contributed by atoms with Crippen molar-refractivity contribution in [2.24, 2.45) is 0 Å². The van der Waals surface area contributed by atoms with E-state index in [1.54, 1.807) is 16.4 Å². The summed E-state index contributed by atoms with van der Waals surface area (Å²) in [4.78, 5) is 0.477. The number of hydrogen-bond donors (Lipinski definition) is 0. The summed E-state index contributed by atoms with van der Waals surface area (Å²) in [5, 5.41) is 1.19. The Labute approximate surface area is 213 Å². The molecule has 188 valence electrons. The molecule has 0 spiro atoms. The topological polar surface area (TPSA) is 42.3 Å². The van der Waals surface area contributed by atoms with E-state index < -0.39 is 10.0 Å². The van der Waals surface area contributed by atoms with Crippen molar-refractivity contribution in [2.45, 2.75) is 57.9 Å². The molecule has 1 fully saturated rings. The zero-order chi connectivity index (χ0) is 25.6. The van der Waals surface area contributed by atoms with Crippen LogP contribution in [0.25, 0.3) is 10.9 Å². The van der Waals surface area contributed by atoms with Gasteiger partial charge in [0.15, 0.2) is 0 Å². The Bertz CT molecular complexity index is 1520. The smallest absolute Gasteiger partial charge is 0.243 e. The highest BCUT2D eigenvalue weighted by atomic mass is 32.2. The molecule has 0 saturated carbocycles. The normalized spacial score (nSPS) is 15.6. The molecule has 0 bridgehead atoms. The fraction of sp³-hybridized carbons (Fsp3) is 0.333. The number of para-hydroxylation sites is 1. The van der Waals surface area contributed by atoms with E-state index >= 15 is 0 Å². The van der Waals surface area contributed by atoms with E-state index in [2.05, 4.69) is 29.0 Å². The van der Waals surface area contributed by atoms with Crippen LogP contribution in [-0.4, -0.2) is 30.4 Å². The van der Waals surface area contributed by atoms with E-state index in [0.717, 1.165) is 46.2 Å². The van der Waals surface area contributed by atoms with Crippen molar-refractivity contribution in [3.63, 3.8) is 0 Å². The Morgan fingerprint density at radius 3 is 2.22 bits per heavy atom. The molecule has 1 aliphatic rings. The number of aryl methyl sites for hydroxylation is 2. The zero-order valence-corrected chi connectivity index (χ0v) is 22.2. The third kappa shape index (κ3) is 4.37. The summed E-state index contributed by atoms with van der Waals surface area (Å²) < 4.78 is 45.1. The highest BCUT2D eigenvalue weighted by Gasteiger charge is 2.33. The molecule has 1 aromatic heterocycles. The van der Waals surface area contributed by atoms with Gasteiger partial charge in [-0.2, -0.15) is 4.31 Å².